The number of aryl methyl sites for hydroxylation is 1. The summed E-state index contributed by atoms with van der Waals surface area (Å²) in [5.74, 6) is 0.731. The molecule has 0 amide bonds. The van der Waals surface area contributed by atoms with Crippen LogP contribution in [0, 0.1) is 0 Å². The van der Waals surface area contributed by atoms with Crippen molar-refractivity contribution in [1.82, 2.24) is 9.97 Å². The van der Waals surface area contributed by atoms with Crippen LogP contribution in [0.3, 0.4) is 0 Å². The van der Waals surface area contributed by atoms with Gasteiger partial charge in [0, 0.05) is 35.0 Å². The number of nitrogens with zero attached hydrogens (tertiary/aromatic N) is 3. The van der Waals surface area contributed by atoms with Crippen molar-refractivity contribution < 1.29 is 31.1 Å². The summed E-state index contributed by atoms with van der Waals surface area (Å²) in [7, 11) is -1.18. The molecular formula is C35H29ClF3N3O4S. The second-order valence-corrected chi connectivity index (χ2v) is 13.3. The minimum atomic E-state index is -4.51. The monoisotopic (exact) mass is 679 g/mol. The van der Waals surface area contributed by atoms with E-state index >= 15 is 0 Å². The van der Waals surface area contributed by atoms with Gasteiger partial charge in [-0.05, 0) is 95.3 Å². The zero-order chi connectivity index (χ0) is 33.3. The Bertz CT molecular complexity index is 2030. The third-order valence-corrected chi connectivity index (χ3v) is 10.2. The van der Waals surface area contributed by atoms with Crippen LogP contribution in [0.2, 0.25) is 5.02 Å². The largest absolute Gasteiger partial charge is 0.497 e. The van der Waals surface area contributed by atoms with Gasteiger partial charge in [0.05, 0.1) is 31.2 Å². The maximum absolute atomic E-state index is 14.3. The van der Waals surface area contributed by atoms with Crippen molar-refractivity contribution in [2.24, 2.45) is 0 Å². The molecule has 47 heavy (non-hydrogen) atoms. The van der Waals surface area contributed by atoms with Crippen molar-refractivity contribution in [3.05, 3.63) is 130 Å². The van der Waals surface area contributed by atoms with Crippen LogP contribution >= 0.6 is 11.6 Å². The van der Waals surface area contributed by atoms with Crippen LogP contribution in [0.25, 0.3) is 11.1 Å². The zero-order valence-electron chi connectivity index (χ0n) is 25.3. The summed E-state index contributed by atoms with van der Waals surface area (Å²) >= 11 is 6.07. The summed E-state index contributed by atoms with van der Waals surface area (Å²) in [5.41, 5.74) is 3.26. The standard InChI is InChI=1S/C35H29ClF3N3O4S/c1-45-27-11-6-24(33(20-27)46-2)21-42(34-40-16-3-17-41-34)47(43,44)28-12-15-29-23(18-28)7-13-30(29)31-14-8-25(35(37,38)39)19-32(31)22-4-9-26(36)10-5-22/h3-6,8-12,14-20,30H,7,13,21H2,1-2H3/t30-/m0/s1. The van der Waals surface area contributed by atoms with Crippen LogP contribution in [0.15, 0.2) is 102 Å². The molecule has 0 saturated carbocycles. The highest BCUT2D eigenvalue weighted by molar-refractivity contribution is 7.92. The van der Waals surface area contributed by atoms with Crippen LogP contribution < -0.4 is 13.8 Å². The maximum atomic E-state index is 14.3. The minimum Gasteiger partial charge on any atom is -0.497 e. The van der Waals surface area contributed by atoms with E-state index in [2.05, 4.69) is 9.97 Å². The van der Waals surface area contributed by atoms with Gasteiger partial charge in [-0.2, -0.15) is 13.2 Å². The lowest BCUT2D eigenvalue weighted by Crippen LogP contribution is -2.32. The van der Waals surface area contributed by atoms with Gasteiger partial charge in [0.2, 0.25) is 5.95 Å². The van der Waals surface area contributed by atoms with Crippen molar-refractivity contribution in [2.45, 2.75) is 36.4 Å². The fourth-order valence-corrected chi connectivity index (χ4v) is 7.47. The summed E-state index contributed by atoms with van der Waals surface area (Å²) < 4.78 is 81.7. The van der Waals surface area contributed by atoms with Crippen LogP contribution in [-0.4, -0.2) is 32.6 Å². The van der Waals surface area contributed by atoms with Gasteiger partial charge < -0.3 is 9.47 Å². The molecule has 0 fully saturated rings. The molecule has 0 saturated heterocycles. The third kappa shape index (κ3) is 6.50. The fraction of sp³-hybridized carbons (Fsp3) is 0.200. The highest BCUT2D eigenvalue weighted by atomic mass is 35.5. The Morgan fingerprint density at radius 3 is 2.30 bits per heavy atom. The number of ether oxygens (including phenoxy) is 2. The molecule has 6 rings (SSSR count). The normalized spacial score (nSPS) is 14.5. The summed E-state index contributed by atoms with van der Waals surface area (Å²) in [6, 6.07) is 22.1. The van der Waals surface area contributed by atoms with E-state index in [1.807, 2.05) is 0 Å². The van der Waals surface area contributed by atoms with Gasteiger partial charge in [0.15, 0.2) is 0 Å². The number of rotatable bonds is 9. The van der Waals surface area contributed by atoms with Crippen molar-refractivity contribution in [2.75, 3.05) is 18.5 Å². The van der Waals surface area contributed by atoms with E-state index in [0.717, 1.165) is 27.1 Å². The SMILES string of the molecule is COc1ccc(CN(c2ncccn2)S(=O)(=O)c2ccc3c(c2)CC[C@@H]3c2ccc(C(F)(F)F)cc2-c2ccc(Cl)cc2)c(OC)c1. The first-order valence-electron chi connectivity index (χ1n) is 14.6. The quantitative estimate of drug-likeness (QED) is 0.156. The molecule has 1 aliphatic rings. The van der Waals surface area contributed by atoms with E-state index in [0.29, 0.717) is 46.1 Å². The number of methoxy groups -OCH3 is 2. The lowest BCUT2D eigenvalue weighted by molar-refractivity contribution is -0.137. The fourth-order valence-electron chi connectivity index (χ4n) is 5.94. The van der Waals surface area contributed by atoms with E-state index in [9.17, 15) is 21.6 Å². The Kier molecular flexibility index (Phi) is 8.86. The van der Waals surface area contributed by atoms with Gasteiger partial charge in [-0.3, -0.25) is 0 Å². The van der Waals surface area contributed by atoms with Gasteiger partial charge in [0.1, 0.15) is 11.5 Å². The average Bonchev–Trinajstić information content (AvgIpc) is 3.50. The number of alkyl halides is 3. The predicted octanol–water partition coefficient (Wildman–Crippen LogP) is 8.31. The van der Waals surface area contributed by atoms with Crippen molar-refractivity contribution >= 4 is 27.6 Å². The van der Waals surface area contributed by atoms with E-state index in [4.69, 9.17) is 21.1 Å². The minimum absolute atomic E-state index is 0.0129. The average molecular weight is 680 g/mol. The Balaban J connectivity index is 1.39. The van der Waals surface area contributed by atoms with Crippen LogP contribution in [0.1, 0.15) is 40.2 Å². The highest BCUT2D eigenvalue weighted by Crippen LogP contribution is 2.45. The molecule has 0 spiro atoms. The number of fused-ring (bicyclic) bond motifs is 1. The molecule has 12 heteroatoms. The molecule has 1 atom stereocenters. The van der Waals surface area contributed by atoms with E-state index in [-0.39, 0.29) is 23.3 Å². The van der Waals surface area contributed by atoms with E-state index in [1.54, 1.807) is 60.7 Å². The van der Waals surface area contributed by atoms with Crippen LogP contribution in [-0.2, 0) is 29.2 Å². The smallest absolute Gasteiger partial charge is 0.416 e. The number of aromatic nitrogens is 2. The second kappa shape index (κ2) is 12.9. The number of anilines is 1. The maximum Gasteiger partial charge on any atom is 0.416 e. The first kappa shape index (κ1) is 32.3. The van der Waals surface area contributed by atoms with Crippen molar-refractivity contribution in [3.8, 4) is 22.6 Å². The Hall–Kier alpha value is -4.61. The summed E-state index contributed by atoms with van der Waals surface area (Å²) in [6.07, 6.45) is -0.448. The first-order chi connectivity index (χ1) is 22.5. The first-order valence-corrected chi connectivity index (χ1v) is 16.4. The molecule has 7 nitrogen and oxygen atoms in total. The molecular weight excluding hydrogens is 651 g/mol. The molecule has 1 heterocycles. The van der Waals surface area contributed by atoms with Crippen LogP contribution in [0.4, 0.5) is 19.1 Å². The summed E-state index contributed by atoms with van der Waals surface area (Å²) in [6.45, 7) is -0.116. The van der Waals surface area contributed by atoms with Gasteiger partial charge in [-0.1, -0.05) is 35.9 Å². The van der Waals surface area contributed by atoms with Gasteiger partial charge in [0.25, 0.3) is 10.0 Å². The number of halogens is 4. The topological polar surface area (TPSA) is 81.6 Å². The van der Waals surface area contributed by atoms with Crippen LogP contribution in [0.5, 0.6) is 11.5 Å². The van der Waals surface area contributed by atoms with Gasteiger partial charge in [-0.15, -0.1) is 0 Å². The zero-order valence-corrected chi connectivity index (χ0v) is 26.9. The van der Waals surface area contributed by atoms with Gasteiger partial charge in [-0.25, -0.2) is 22.7 Å². The third-order valence-electron chi connectivity index (χ3n) is 8.27. The summed E-state index contributed by atoms with van der Waals surface area (Å²) in [4.78, 5) is 8.50. The molecule has 0 unspecified atom stereocenters. The second-order valence-electron chi connectivity index (χ2n) is 11.0. The molecule has 4 aromatic carbocycles. The number of hydrogen-bond acceptors (Lipinski definition) is 6. The highest BCUT2D eigenvalue weighted by Gasteiger charge is 2.35. The molecule has 0 N–H and O–H groups in total. The number of hydrogen-bond donors (Lipinski definition) is 0. The predicted molar refractivity (Wildman–Crippen MR) is 173 cm³/mol. The lowest BCUT2D eigenvalue weighted by atomic mass is 9.86. The Morgan fingerprint density at radius 1 is 0.894 bits per heavy atom. The Morgan fingerprint density at radius 2 is 1.62 bits per heavy atom. The van der Waals surface area contributed by atoms with Crippen molar-refractivity contribution in [3.63, 3.8) is 0 Å². The molecule has 0 aliphatic heterocycles. The van der Waals surface area contributed by atoms with E-state index < -0.39 is 21.8 Å². The lowest BCUT2D eigenvalue weighted by Gasteiger charge is -2.24. The number of sulfonamides is 1. The molecule has 0 radical (unpaired) electrons. The van der Waals surface area contributed by atoms with Crippen molar-refractivity contribution in [1.29, 1.82) is 0 Å². The molecule has 0 bridgehead atoms. The molecule has 1 aliphatic carbocycles. The molecule has 5 aromatic rings. The molecule has 242 valence electrons. The van der Waals surface area contributed by atoms with E-state index in [1.165, 1.54) is 44.8 Å². The van der Waals surface area contributed by atoms with Gasteiger partial charge >= 0.3 is 6.18 Å². The number of benzene rings is 4. The molecule has 1 aromatic heterocycles. The Labute approximate surface area is 275 Å². The summed E-state index contributed by atoms with van der Waals surface area (Å²) in [5, 5.41) is 0.475.